The van der Waals surface area contributed by atoms with Crippen molar-refractivity contribution in [1.82, 2.24) is 4.90 Å². The lowest BCUT2D eigenvalue weighted by molar-refractivity contribution is -0.132. The third-order valence-corrected chi connectivity index (χ3v) is 6.79. The average molecular weight is 430 g/mol. The van der Waals surface area contributed by atoms with Gasteiger partial charge in [-0.25, -0.2) is 8.42 Å². The van der Waals surface area contributed by atoms with Gasteiger partial charge in [0.1, 0.15) is 6.04 Å². The number of hydrogen-bond donors (Lipinski definition) is 0. The molecule has 0 spiro atoms. The minimum Gasteiger partial charge on any atom is -0.368 e. The van der Waals surface area contributed by atoms with Crippen molar-refractivity contribution in [2.45, 2.75) is 33.2 Å². The summed E-state index contributed by atoms with van der Waals surface area (Å²) in [4.78, 5) is 17.5. The van der Waals surface area contributed by atoms with Crippen LogP contribution in [0.5, 0.6) is 0 Å². The molecule has 1 aliphatic heterocycles. The molecule has 1 fully saturated rings. The number of para-hydroxylation sites is 1. The van der Waals surface area contributed by atoms with Crippen molar-refractivity contribution < 1.29 is 13.2 Å². The van der Waals surface area contributed by atoms with Crippen molar-refractivity contribution in [3.8, 4) is 0 Å². The lowest BCUT2D eigenvalue weighted by atomic mass is 10.1. The smallest absolute Gasteiger partial charge is 0.246 e. The Morgan fingerprint density at radius 3 is 2.23 bits per heavy atom. The molecule has 0 saturated carbocycles. The molecule has 1 heterocycles. The van der Waals surface area contributed by atoms with Crippen LogP contribution in [-0.4, -0.2) is 57.7 Å². The SMILES string of the molecule is CC[C@H](C(=O)N1CCN(c2ccccc2)CC1)N(c1cc(C)ccc1C)S(C)(=O)=O. The number of nitrogens with zero attached hydrogens (tertiary/aromatic N) is 3. The molecule has 0 bridgehead atoms. The first-order chi connectivity index (χ1) is 14.2. The molecule has 162 valence electrons. The second kappa shape index (κ2) is 9.08. The predicted molar refractivity (Wildman–Crippen MR) is 123 cm³/mol. The number of benzene rings is 2. The van der Waals surface area contributed by atoms with E-state index >= 15 is 0 Å². The van der Waals surface area contributed by atoms with Crippen molar-refractivity contribution in [1.29, 1.82) is 0 Å². The molecular weight excluding hydrogens is 398 g/mol. The van der Waals surface area contributed by atoms with Gasteiger partial charge < -0.3 is 9.80 Å². The standard InChI is InChI=1S/C23H31N3O3S/c1-5-21(26(30(4,28)29)22-17-18(2)11-12-19(22)3)23(27)25-15-13-24(14-16-25)20-9-7-6-8-10-20/h6-12,17,21H,5,13-16H2,1-4H3/t21-/m1/s1. The highest BCUT2D eigenvalue weighted by atomic mass is 32.2. The van der Waals surface area contributed by atoms with Gasteiger partial charge in [-0.1, -0.05) is 37.3 Å². The van der Waals surface area contributed by atoms with E-state index < -0.39 is 16.1 Å². The van der Waals surface area contributed by atoms with Crippen LogP contribution in [0.4, 0.5) is 11.4 Å². The van der Waals surface area contributed by atoms with Crippen molar-refractivity contribution in [2.75, 3.05) is 41.6 Å². The van der Waals surface area contributed by atoms with Gasteiger partial charge in [-0.3, -0.25) is 9.10 Å². The molecule has 1 aliphatic rings. The number of aryl methyl sites for hydroxylation is 2. The first kappa shape index (κ1) is 22.2. The predicted octanol–water partition coefficient (Wildman–Crippen LogP) is 3.20. The number of amides is 1. The monoisotopic (exact) mass is 429 g/mol. The normalized spacial score (nSPS) is 15.7. The molecule has 2 aromatic carbocycles. The lowest BCUT2D eigenvalue weighted by Crippen LogP contribution is -2.56. The molecule has 0 N–H and O–H groups in total. The Labute approximate surface area is 180 Å². The van der Waals surface area contributed by atoms with E-state index in [1.807, 2.05) is 57.2 Å². The van der Waals surface area contributed by atoms with E-state index in [0.29, 0.717) is 25.2 Å². The summed E-state index contributed by atoms with van der Waals surface area (Å²) in [6.45, 7) is 8.29. The zero-order chi connectivity index (χ0) is 21.9. The van der Waals surface area contributed by atoms with E-state index in [4.69, 9.17) is 0 Å². The van der Waals surface area contributed by atoms with Gasteiger partial charge in [-0.2, -0.15) is 0 Å². The maximum Gasteiger partial charge on any atom is 0.246 e. The Morgan fingerprint density at radius 1 is 1.03 bits per heavy atom. The van der Waals surface area contributed by atoms with Crippen LogP contribution in [-0.2, 0) is 14.8 Å². The largest absolute Gasteiger partial charge is 0.368 e. The van der Waals surface area contributed by atoms with Gasteiger partial charge in [0, 0.05) is 31.9 Å². The number of hydrogen-bond acceptors (Lipinski definition) is 4. The number of sulfonamides is 1. The van der Waals surface area contributed by atoms with Gasteiger partial charge in [0.05, 0.1) is 11.9 Å². The second-order valence-electron chi connectivity index (χ2n) is 7.92. The molecule has 0 aliphatic carbocycles. The van der Waals surface area contributed by atoms with Crippen molar-refractivity contribution in [3.05, 3.63) is 59.7 Å². The highest BCUT2D eigenvalue weighted by Gasteiger charge is 2.36. The molecule has 0 radical (unpaired) electrons. The Hall–Kier alpha value is -2.54. The zero-order valence-corrected chi connectivity index (χ0v) is 19.0. The summed E-state index contributed by atoms with van der Waals surface area (Å²) >= 11 is 0. The molecule has 1 amide bonds. The van der Waals surface area contributed by atoms with Crippen molar-refractivity contribution >= 4 is 27.3 Å². The summed E-state index contributed by atoms with van der Waals surface area (Å²) in [5.41, 5.74) is 3.53. The maximum atomic E-state index is 13.4. The number of rotatable bonds is 6. The van der Waals surface area contributed by atoms with Gasteiger partial charge in [0.2, 0.25) is 15.9 Å². The molecule has 3 rings (SSSR count). The third-order valence-electron chi connectivity index (χ3n) is 5.63. The molecule has 6 nitrogen and oxygen atoms in total. The quantitative estimate of drug-likeness (QED) is 0.708. The van der Waals surface area contributed by atoms with E-state index in [9.17, 15) is 13.2 Å². The number of anilines is 2. The van der Waals surface area contributed by atoms with Crippen LogP contribution in [0.3, 0.4) is 0 Å². The van der Waals surface area contributed by atoms with Gasteiger partial charge in [-0.15, -0.1) is 0 Å². The summed E-state index contributed by atoms with van der Waals surface area (Å²) in [6, 6.07) is 15.1. The fourth-order valence-corrected chi connectivity index (χ4v) is 5.27. The van der Waals surface area contributed by atoms with Crippen LogP contribution in [0, 0.1) is 13.8 Å². The molecule has 0 aromatic heterocycles. The summed E-state index contributed by atoms with van der Waals surface area (Å²) in [7, 11) is -3.63. The van der Waals surface area contributed by atoms with E-state index in [-0.39, 0.29) is 5.91 Å². The topological polar surface area (TPSA) is 60.9 Å². The second-order valence-corrected chi connectivity index (χ2v) is 9.78. The van der Waals surface area contributed by atoms with Crippen LogP contribution in [0.1, 0.15) is 24.5 Å². The number of carbonyl (C=O) groups is 1. The maximum absolute atomic E-state index is 13.4. The molecule has 30 heavy (non-hydrogen) atoms. The van der Waals surface area contributed by atoms with Gasteiger partial charge in [0.15, 0.2) is 0 Å². The average Bonchev–Trinajstić information content (AvgIpc) is 2.73. The van der Waals surface area contributed by atoms with E-state index in [1.54, 1.807) is 4.90 Å². The molecule has 1 saturated heterocycles. The van der Waals surface area contributed by atoms with E-state index in [0.717, 1.165) is 29.9 Å². The fraction of sp³-hybridized carbons (Fsp3) is 0.435. The van der Waals surface area contributed by atoms with Gasteiger partial charge in [-0.05, 0) is 49.6 Å². The fourth-order valence-electron chi connectivity index (χ4n) is 4.01. The number of piperazine rings is 1. The summed E-state index contributed by atoms with van der Waals surface area (Å²) in [5, 5.41) is 0. The highest BCUT2D eigenvalue weighted by Crippen LogP contribution is 2.28. The zero-order valence-electron chi connectivity index (χ0n) is 18.2. The highest BCUT2D eigenvalue weighted by molar-refractivity contribution is 7.92. The van der Waals surface area contributed by atoms with Crippen LogP contribution >= 0.6 is 0 Å². The lowest BCUT2D eigenvalue weighted by Gasteiger charge is -2.40. The van der Waals surface area contributed by atoms with Crippen molar-refractivity contribution in [3.63, 3.8) is 0 Å². The van der Waals surface area contributed by atoms with Gasteiger partial charge in [0.25, 0.3) is 0 Å². The molecule has 1 atom stereocenters. The third kappa shape index (κ3) is 4.78. The van der Waals surface area contributed by atoms with Gasteiger partial charge >= 0.3 is 0 Å². The Morgan fingerprint density at radius 2 is 1.67 bits per heavy atom. The Balaban J connectivity index is 1.83. The van der Waals surface area contributed by atoms with Crippen molar-refractivity contribution in [2.24, 2.45) is 0 Å². The van der Waals surface area contributed by atoms with Crippen LogP contribution in [0.15, 0.2) is 48.5 Å². The first-order valence-corrected chi connectivity index (χ1v) is 12.2. The number of carbonyl (C=O) groups excluding carboxylic acids is 1. The Kier molecular flexibility index (Phi) is 6.71. The molecule has 7 heteroatoms. The minimum absolute atomic E-state index is 0.128. The molecule has 0 unspecified atom stereocenters. The molecular formula is C23H31N3O3S. The van der Waals surface area contributed by atoms with Crippen LogP contribution < -0.4 is 9.21 Å². The minimum atomic E-state index is -3.63. The van der Waals surface area contributed by atoms with E-state index in [1.165, 1.54) is 10.6 Å². The molecule has 2 aromatic rings. The van der Waals surface area contributed by atoms with Crippen LogP contribution in [0.2, 0.25) is 0 Å². The summed E-state index contributed by atoms with van der Waals surface area (Å²) < 4.78 is 26.9. The summed E-state index contributed by atoms with van der Waals surface area (Å²) in [6.07, 6.45) is 1.59. The van der Waals surface area contributed by atoms with Crippen LogP contribution in [0.25, 0.3) is 0 Å². The summed E-state index contributed by atoms with van der Waals surface area (Å²) in [5.74, 6) is -0.128. The van der Waals surface area contributed by atoms with E-state index in [2.05, 4.69) is 17.0 Å². The first-order valence-electron chi connectivity index (χ1n) is 10.4. The Bertz CT molecular complexity index is 984.